The molecule has 1 rings (SSSR count). The summed E-state index contributed by atoms with van der Waals surface area (Å²) < 4.78 is 59.8. The molecule has 1 heterocycles. The minimum Gasteiger partial charge on any atom is -0.286 e. The zero-order valence-corrected chi connectivity index (χ0v) is 15.2. The Labute approximate surface area is 139 Å². The van der Waals surface area contributed by atoms with Gasteiger partial charge in [0.05, 0.1) is 11.5 Å². The first-order valence-corrected chi connectivity index (χ1v) is 11.1. The van der Waals surface area contributed by atoms with E-state index < -0.39 is 20.2 Å². The molecule has 1 saturated heterocycles. The molecule has 2 atom stereocenters. The third kappa shape index (κ3) is 7.74. The monoisotopic (exact) mass is 398 g/mol. The quantitative estimate of drug-likeness (QED) is 0.337. The van der Waals surface area contributed by atoms with E-state index in [1.165, 1.54) is 11.8 Å². The standard InChI is InChI=1S/C8H18N2O6S5/c11-20(12,13)5-1-3-9-7(17)19-8(18)10(9)4-2-6-21(14,15)16/h7-8,17-18H,1-6H2,(H,11,12,13)(H,14,15,16). The van der Waals surface area contributed by atoms with Crippen LogP contribution in [-0.4, -0.2) is 70.0 Å². The van der Waals surface area contributed by atoms with Gasteiger partial charge in [0.2, 0.25) is 0 Å². The van der Waals surface area contributed by atoms with Gasteiger partial charge in [-0.05, 0) is 12.8 Å². The predicted molar refractivity (Wildman–Crippen MR) is 88.6 cm³/mol. The average molecular weight is 399 g/mol. The Kier molecular flexibility index (Phi) is 7.61. The summed E-state index contributed by atoms with van der Waals surface area (Å²) in [7, 11) is -8.02. The topological polar surface area (TPSA) is 115 Å². The molecule has 0 aromatic heterocycles. The molecule has 1 aliphatic rings. The molecule has 13 heteroatoms. The summed E-state index contributed by atoms with van der Waals surface area (Å²) >= 11 is 10.1. The van der Waals surface area contributed by atoms with Gasteiger partial charge in [0.1, 0.15) is 9.41 Å². The summed E-state index contributed by atoms with van der Waals surface area (Å²) in [6, 6.07) is 0. The molecule has 0 bridgehead atoms. The van der Waals surface area contributed by atoms with Gasteiger partial charge in [0.15, 0.2) is 0 Å². The first kappa shape index (κ1) is 19.8. The predicted octanol–water partition coefficient (Wildman–Crippen LogP) is 0.235. The maximum atomic E-state index is 10.7. The van der Waals surface area contributed by atoms with E-state index in [2.05, 4.69) is 25.3 Å². The van der Waals surface area contributed by atoms with Gasteiger partial charge < -0.3 is 0 Å². The van der Waals surface area contributed by atoms with Crippen molar-refractivity contribution in [1.82, 2.24) is 10.0 Å². The highest BCUT2D eigenvalue weighted by atomic mass is 32.2. The van der Waals surface area contributed by atoms with Crippen molar-refractivity contribution in [2.75, 3.05) is 24.6 Å². The van der Waals surface area contributed by atoms with Gasteiger partial charge in [-0.15, -0.1) is 25.3 Å². The van der Waals surface area contributed by atoms with E-state index in [9.17, 15) is 16.8 Å². The summed E-state index contributed by atoms with van der Waals surface area (Å²) in [5.41, 5.74) is 0. The smallest absolute Gasteiger partial charge is 0.264 e. The van der Waals surface area contributed by atoms with Crippen LogP contribution in [0.2, 0.25) is 0 Å². The number of thiol groups is 2. The van der Waals surface area contributed by atoms with Crippen molar-refractivity contribution >= 4 is 57.3 Å². The Balaban J connectivity index is 2.53. The van der Waals surface area contributed by atoms with E-state index in [1.54, 1.807) is 10.0 Å². The fraction of sp³-hybridized carbons (Fsp3) is 1.00. The minimum atomic E-state index is -4.01. The SMILES string of the molecule is O=S(=O)(O)CCCN1C(S)SC(S)N1CCCS(=O)(=O)O. The summed E-state index contributed by atoms with van der Waals surface area (Å²) in [4.78, 5) is 0. The molecule has 8 nitrogen and oxygen atoms in total. The summed E-state index contributed by atoms with van der Waals surface area (Å²) in [5.74, 6) is -0.713. The van der Waals surface area contributed by atoms with E-state index in [4.69, 9.17) is 9.11 Å². The maximum Gasteiger partial charge on any atom is 0.264 e. The highest BCUT2D eigenvalue weighted by Gasteiger charge is 2.35. The molecule has 1 aliphatic heterocycles. The van der Waals surface area contributed by atoms with E-state index in [-0.39, 0.29) is 33.8 Å². The lowest BCUT2D eigenvalue weighted by Crippen LogP contribution is -2.43. The lowest BCUT2D eigenvalue weighted by Gasteiger charge is -2.30. The van der Waals surface area contributed by atoms with Crippen LogP contribution in [0, 0.1) is 0 Å². The third-order valence-electron chi connectivity index (χ3n) is 2.66. The number of hydrogen-bond acceptors (Lipinski definition) is 9. The zero-order valence-electron chi connectivity index (χ0n) is 10.9. The Morgan fingerprint density at radius 1 is 0.857 bits per heavy atom. The fourth-order valence-corrected chi connectivity index (χ4v) is 5.21. The Morgan fingerprint density at radius 2 is 1.19 bits per heavy atom. The molecular weight excluding hydrogens is 380 g/mol. The van der Waals surface area contributed by atoms with Crippen LogP contribution in [0.4, 0.5) is 0 Å². The second-order valence-electron chi connectivity index (χ2n) is 4.39. The van der Waals surface area contributed by atoms with Gasteiger partial charge in [0, 0.05) is 13.1 Å². The van der Waals surface area contributed by atoms with Crippen molar-refractivity contribution in [1.29, 1.82) is 0 Å². The van der Waals surface area contributed by atoms with Crippen LogP contribution in [0.5, 0.6) is 0 Å². The molecule has 0 saturated carbocycles. The molecule has 1 fully saturated rings. The lowest BCUT2D eigenvalue weighted by molar-refractivity contribution is 0.0122. The summed E-state index contributed by atoms with van der Waals surface area (Å²) in [6.07, 6.45) is 0.428. The van der Waals surface area contributed by atoms with Crippen LogP contribution in [0.15, 0.2) is 0 Å². The third-order valence-corrected chi connectivity index (χ3v) is 6.51. The normalized spacial score (nSPS) is 25.5. The second kappa shape index (κ2) is 8.06. The molecule has 0 radical (unpaired) electrons. The van der Waals surface area contributed by atoms with E-state index in [1.807, 2.05) is 0 Å². The van der Waals surface area contributed by atoms with Crippen molar-refractivity contribution in [3.8, 4) is 0 Å². The van der Waals surface area contributed by atoms with Crippen molar-refractivity contribution in [3.63, 3.8) is 0 Å². The van der Waals surface area contributed by atoms with E-state index >= 15 is 0 Å². The Bertz CT molecular complexity index is 489. The van der Waals surface area contributed by atoms with Crippen LogP contribution >= 0.6 is 37.0 Å². The van der Waals surface area contributed by atoms with Gasteiger partial charge in [-0.2, -0.15) is 16.8 Å². The first-order chi connectivity index (χ1) is 9.49. The van der Waals surface area contributed by atoms with E-state index in [0.29, 0.717) is 13.1 Å². The van der Waals surface area contributed by atoms with Gasteiger partial charge in [-0.1, -0.05) is 11.8 Å². The molecule has 2 N–H and O–H groups in total. The van der Waals surface area contributed by atoms with Crippen LogP contribution in [-0.2, 0) is 20.2 Å². The van der Waals surface area contributed by atoms with Crippen LogP contribution in [0.25, 0.3) is 0 Å². The maximum absolute atomic E-state index is 10.7. The van der Waals surface area contributed by atoms with Crippen LogP contribution < -0.4 is 0 Å². The fourth-order valence-electron chi connectivity index (χ4n) is 1.80. The van der Waals surface area contributed by atoms with Crippen LogP contribution in [0.1, 0.15) is 12.8 Å². The molecule has 0 amide bonds. The second-order valence-corrected chi connectivity index (χ2v) is 10.4. The zero-order chi connectivity index (χ0) is 16.3. The van der Waals surface area contributed by atoms with Crippen molar-refractivity contribution in [2.24, 2.45) is 0 Å². The molecule has 21 heavy (non-hydrogen) atoms. The molecule has 0 aromatic rings. The van der Waals surface area contributed by atoms with Crippen LogP contribution in [0.3, 0.4) is 0 Å². The lowest BCUT2D eigenvalue weighted by atomic mass is 10.4. The molecule has 0 spiro atoms. The van der Waals surface area contributed by atoms with E-state index in [0.717, 1.165) is 0 Å². The number of hydrogen-bond donors (Lipinski definition) is 4. The minimum absolute atomic E-state index is 0.214. The van der Waals surface area contributed by atoms with Gasteiger partial charge >= 0.3 is 0 Å². The highest BCUT2D eigenvalue weighted by molar-refractivity contribution is 8.17. The highest BCUT2D eigenvalue weighted by Crippen LogP contribution is 2.38. The largest absolute Gasteiger partial charge is 0.286 e. The molecule has 2 unspecified atom stereocenters. The van der Waals surface area contributed by atoms with Gasteiger partial charge in [-0.3, -0.25) is 9.11 Å². The van der Waals surface area contributed by atoms with Gasteiger partial charge in [0.25, 0.3) is 20.2 Å². The summed E-state index contributed by atoms with van der Waals surface area (Å²) in [5, 5.41) is 3.53. The van der Waals surface area contributed by atoms with Gasteiger partial charge in [-0.25, -0.2) is 10.0 Å². The summed E-state index contributed by atoms with van der Waals surface area (Å²) in [6.45, 7) is 0.674. The molecular formula is C8H18N2O6S5. The average Bonchev–Trinajstić information content (AvgIpc) is 2.52. The molecule has 0 aromatic carbocycles. The number of nitrogens with zero attached hydrogens (tertiary/aromatic N) is 2. The molecule has 126 valence electrons. The molecule has 0 aliphatic carbocycles. The number of thioether (sulfide) groups is 1. The van der Waals surface area contributed by atoms with Crippen molar-refractivity contribution in [3.05, 3.63) is 0 Å². The first-order valence-electron chi connectivity index (χ1n) is 5.95. The van der Waals surface area contributed by atoms with Crippen molar-refractivity contribution in [2.45, 2.75) is 22.3 Å². The Hall–Kier alpha value is 0.790. The Morgan fingerprint density at radius 3 is 1.48 bits per heavy atom. The number of hydrazine groups is 1. The van der Waals surface area contributed by atoms with Crippen molar-refractivity contribution < 1.29 is 25.9 Å². The number of rotatable bonds is 8.